The maximum atomic E-state index is 4.74. The van der Waals surface area contributed by atoms with Crippen molar-refractivity contribution >= 4 is 16.3 Å². The smallest absolute Gasteiger partial charge is 0.193 e. The topological polar surface area (TPSA) is 32.6 Å². The quantitative estimate of drug-likeness (QED) is 0.926. The number of hydrogen-bond acceptors (Lipinski definition) is 4. The molecule has 21 heavy (non-hydrogen) atoms. The molecule has 0 aromatic carbocycles. The number of nitrogens with zero attached hydrogens (tertiary/aromatic N) is 3. The molecule has 1 N–H and O–H groups in total. The number of rotatable bonds is 2. The van der Waals surface area contributed by atoms with Crippen LogP contribution in [0.4, 0.5) is 0 Å². The minimum Gasteiger partial charge on any atom is -0.312 e. The molecule has 3 heterocycles. The molecule has 0 aliphatic carbocycles. The SMILES string of the molecule is CC1CCNC(C(C)(C)C)CN1Cc1cn2ccsc2n1. The Balaban J connectivity index is 1.76. The fourth-order valence-corrected chi connectivity index (χ4v) is 3.71. The van der Waals surface area contributed by atoms with E-state index in [-0.39, 0.29) is 5.41 Å². The standard InChI is InChI=1S/C16H26N4S/c1-12-5-6-17-14(16(2,3)4)11-20(12)10-13-9-19-7-8-21-15(19)18-13/h7-9,12,14,17H,5-6,10-11H2,1-4H3. The lowest BCUT2D eigenvalue weighted by molar-refractivity contribution is 0.156. The molecule has 0 radical (unpaired) electrons. The van der Waals surface area contributed by atoms with Crippen LogP contribution in [0.15, 0.2) is 17.8 Å². The summed E-state index contributed by atoms with van der Waals surface area (Å²) in [5.41, 5.74) is 1.47. The van der Waals surface area contributed by atoms with Crippen LogP contribution in [0.5, 0.6) is 0 Å². The van der Waals surface area contributed by atoms with Crippen LogP contribution in [0.3, 0.4) is 0 Å². The van der Waals surface area contributed by atoms with Gasteiger partial charge in [0.1, 0.15) is 0 Å². The maximum absolute atomic E-state index is 4.74. The summed E-state index contributed by atoms with van der Waals surface area (Å²) in [6.07, 6.45) is 5.46. The highest BCUT2D eigenvalue weighted by Gasteiger charge is 2.30. The Labute approximate surface area is 131 Å². The Morgan fingerprint density at radius 1 is 1.43 bits per heavy atom. The second kappa shape index (κ2) is 5.71. The van der Waals surface area contributed by atoms with Crippen molar-refractivity contribution in [1.82, 2.24) is 19.6 Å². The van der Waals surface area contributed by atoms with Crippen molar-refractivity contribution in [1.29, 1.82) is 0 Å². The van der Waals surface area contributed by atoms with E-state index in [0.717, 1.165) is 24.6 Å². The zero-order valence-electron chi connectivity index (χ0n) is 13.5. The largest absolute Gasteiger partial charge is 0.312 e. The van der Waals surface area contributed by atoms with Gasteiger partial charge in [-0.3, -0.25) is 9.30 Å². The third-order valence-electron chi connectivity index (χ3n) is 4.55. The van der Waals surface area contributed by atoms with Crippen molar-refractivity contribution in [2.45, 2.75) is 52.7 Å². The Bertz CT molecular complexity index is 566. The molecule has 0 saturated carbocycles. The second-order valence-corrected chi connectivity index (χ2v) is 8.14. The molecule has 1 saturated heterocycles. The Morgan fingerprint density at radius 3 is 2.95 bits per heavy atom. The summed E-state index contributed by atoms with van der Waals surface area (Å²) in [5.74, 6) is 0. The van der Waals surface area contributed by atoms with Gasteiger partial charge in [-0.15, -0.1) is 11.3 Å². The van der Waals surface area contributed by atoms with Crippen LogP contribution in [0.2, 0.25) is 0 Å². The Kier molecular flexibility index (Phi) is 4.08. The normalized spacial score (nSPS) is 25.3. The van der Waals surface area contributed by atoms with E-state index in [1.165, 1.54) is 12.1 Å². The fourth-order valence-electron chi connectivity index (χ4n) is 2.99. The van der Waals surface area contributed by atoms with Gasteiger partial charge in [0.2, 0.25) is 0 Å². The second-order valence-electron chi connectivity index (χ2n) is 7.26. The number of imidazole rings is 1. The van der Waals surface area contributed by atoms with E-state index in [9.17, 15) is 0 Å². The third kappa shape index (κ3) is 3.30. The summed E-state index contributed by atoms with van der Waals surface area (Å²) in [6.45, 7) is 12.5. The average molecular weight is 306 g/mol. The van der Waals surface area contributed by atoms with Crippen LogP contribution < -0.4 is 5.32 Å². The molecule has 116 valence electrons. The molecule has 2 aromatic heterocycles. The summed E-state index contributed by atoms with van der Waals surface area (Å²) in [5, 5.41) is 5.81. The first-order valence-electron chi connectivity index (χ1n) is 7.82. The van der Waals surface area contributed by atoms with E-state index in [1.54, 1.807) is 11.3 Å². The Hall–Kier alpha value is -0.910. The fraction of sp³-hybridized carbons (Fsp3) is 0.688. The average Bonchev–Trinajstić information content (AvgIpc) is 2.89. The number of aromatic nitrogens is 2. The molecule has 1 aliphatic heterocycles. The monoisotopic (exact) mass is 306 g/mol. The minimum atomic E-state index is 0.289. The van der Waals surface area contributed by atoms with Crippen molar-refractivity contribution in [2.24, 2.45) is 5.41 Å². The summed E-state index contributed by atoms with van der Waals surface area (Å²) in [4.78, 5) is 8.42. The molecular weight excluding hydrogens is 280 g/mol. The van der Waals surface area contributed by atoms with Crippen LogP contribution in [0.25, 0.3) is 4.96 Å². The number of thiazole rings is 1. The first-order valence-corrected chi connectivity index (χ1v) is 8.70. The van der Waals surface area contributed by atoms with E-state index < -0.39 is 0 Å². The van der Waals surface area contributed by atoms with E-state index >= 15 is 0 Å². The molecule has 3 rings (SSSR count). The van der Waals surface area contributed by atoms with Crippen molar-refractivity contribution < 1.29 is 0 Å². The van der Waals surface area contributed by atoms with Gasteiger partial charge in [0.05, 0.1) is 5.69 Å². The lowest BCUT2D eigenvalue weighted by Gasteiger charge is -2.35. The molecule has 4 nitrogen and oxygen atoms in total. The molecule has 2 atom stereocenters. The van der Waals surface area contributed by atoms with Crippen molar-refractivity contribution in [3.63, 3.8) is 0 Å². The number of nitrogens with one attached hydrogen (secondary N) is 1. The number of hydrogen-bond donors (Lipinski definition) is 1. The predicted octanol–water partition coefficient (Wildman–Crippen LogP) is 2.99. The highest BCUT2D eigenvalue weighted by molar-refractivity contribution is 7.15. The van der Waals surface area contributed by atoms with Gasteiger partial charge in [-0.25, -0.2) is 4.98 Å². The van der Waals surface area contributed by atoms with Gasteiger partial charge in [-0.05, 0) is 25.3 Å². The first-order chi connectivity index (χ1) is 9.93. The van der Waals surface area contributed by atoms with Gasteiger partial charge in [-0.1, -0.05) is 20.8 Å². The molecule has 0 amide bonds. The summed E-state index contributed by atoms with van der Waals surface area (Å²) in [7, 11) is 0. The molecule has 2 unspecified atom stereocenters. The molecule has 1 aliphatic rings. The lowest BCUT2D eigenvalue weighted by atomic mass is 9.86. The molecule has 0 spiro atoms. The number of fused-ring (bicyclic) bond motifs is 1. The molecule has 5 heteroatoms. The molecule has 2 aromatic rings. The maximum Gasteiger partial charge on any atom is 0.193 e. The van der Waals surface area contributed by atoms with Crippen LogP contribution in [-0.2, 0) is 6.54 Å². The van der Waals surface area contributed by atoms with Gasteiger partial charge in [0.15, 0.2) is 4.96 Å². The molecular formula is C16H26N4S. The minimum absolute atomic E-state index is 0.289. The van der Waals surface area contributed by atoms with Gasteiger partial charge in [0, 0.05) is 42.9 Å². The van der Waals surface area contributed by atoms with Crippen molar-refractivity contribution in [2.75, 3.05) is 13.1 Å². The van der Waals surface area contributed by atoms with E-state index in [2.05, 4.69) is 60.1 Å². The van der Waals surface area contributed by atoms with E-state index in [4.69, 9.17) is 4.98 Å². The van der Waals surface area contributed by atoms with Gasteiger partial charge in [0.25, 0.3) is 0 Å². The van der Waals surface area contributed by atoms with Crippen LogP contribution in [0.1, 0.15) is 39.8 Å². The van der Waals surface area contributed by atoms with Gasteiger partial charge in [-0.2, -0.15) is 0 Å². The first kappa shape index (κ1) is 15.0. The van der Waals surface area contributed by atoms with Crippen molar-refractivity contribution in [3.8, 4) is 0 Å². The van der Waals surface area contributed by atoms with Crippen molar-refractivity contribution in [3.05, 3.63) is 23.5 Å². The van der Waals surface area contributed by atoms with Crippen LogP contribution >= 0.6 is 11.3 Å². The van der Waals surface area contributed by atoms with E-state index in [1.807, 2.05) is 0 Å². The predicted molar refractivity (Wildman–Crippen MR) is 88.8 cm³/mol. The van der Waals surface area contributed by atoms with Gasteiger partial charge < -0.3 is 5.32 Å². The zero-order valence-corrected chi connectivity index (χ0v) is 14.3. The van der Waals surface area contributed by atoms with Crippen LogP contribution in [-0.4, -0.2) is 39.5 Å². The zero-order chi connectivity index (χ0) is 15.0. The summed E-state index contributed by atoms with van der Waals surface area (Å²) in [6, 6.07) is 1.13. The van der Waals surface area contributed by atoms with E-state index in [0.29, 0.717) is 12.1 Å². The third-order valence-corrected chi connectivity index (χ3v) is 5.32. The molecule has 1 fully saturated rings. The summed E-state index contributed by atoms with van der Waals surface area (Å²) >= 11 is 1.70. The highest BCUT2D eigenvalue weighted by atomic mass is 32.1. The van der Waals surface area contributed by atoms with Gasteiger partial charge >= 0.3 is 0 Å². The summed E-state index contributed by atoms with van der Waals surface area (Å²) < 4.78 is 2.13. The molecule has 0 bridgehead atoms. The highest BCUT2D eigenvalue weighted by Crippen LogP contribution is 2.24. The lowest BCUT2D eigenvalue weighted by Crippen LogP contribution is -2.47. The Morgan fingerprint density at radius 2 is 2.24 bits per heavy atom. The van der Waals surface area contributed by atoms with Crippen LogP contribution in [0, 0.1) is 5.41 Å².